The highest BCUT2D eigenvalue weighted by Gasteiger charge is 2.27. The Hall–Kier alpha value is -2.04. The van der Waals surface area contributed by atoms with Crippen LogP contribution in [0.25, 0.3) is 0 Å². The van der Waals surface area contributed by atoms with Crippen molar-refractivity contribution in [3.05, 3.63) is 29.8 Å². The molecule has 2 amide bonds. The van der Waals surface area contributed by atoms with Gasteiger partial charge in [0.05, 0.1) is 0 Å². The first-order valence-corrected chi connectivity index (χ1v) is 6.18. The molecule has 1 aromatic rings. The van der Waals surface area contributed by atoms with Gasteiger partial charge < -0.3 is 16.8 Å². The van der Waals surface area contributed by atoms with Gasteiger partial charge in [-0.3, -0.25) is 9.59 Å². The van der Waals surface area contributed by atoms with Gasteiger partial charge in [-0.25, -0.2) is 0 Å². The van der Waals surface area contributed by atoms with E-state index in [0.29, 0.717) is 12.1 Å². The van der Waals surface area contributed by atoms with Gasteiger partial charge in [0.2, 0.25) is 11.8 Å². The van der Waals surface area contributed by atoms with Gasteiger partial charge in [-0.1, -0.05) is 19.1 Å². The van der Waals surface area contributed by atoms with E-state index < -0.39 is 11.4 Å². The van der Waals surface area contributed by atoms with Crippen LogP contribution >= 0.6 is 0 Å². The Morgan fingerprint density at radius 3 is 2.26 bits per heavy atom. The molecule has 1 unspecified atom stereocenters. The molecule has 0 aliphatic heterocycles. The van der Waals surface area contributed by atoms with Gasteiger partial charge in [-0.15, -0.1) is 0 Å². The molecule has 104 valence electrons. The highest BCUT2D eigenvalue weighted by atomic mass is 16.2. The average molecular weight is 263 g/mol. The minimum atomic E-state index is -1.03. The van der Waals surface area contributed by atoms with Crippen LogP contribution in [-0.2, 0) is 9.59 Å². The number of anilines is 1. The van der Waals surface area contributed by atoms with E-state index in [1.807, 2.05) is 19.1 Å². The quantitative estimate of drug-likeness (QED) is 0.695. The smallest absolute Gasteiger partial charge is 0.242 e. The largest absolute Gasteiger partial charge is 0.399 e. The van der Waals surface area contributed by atoms with E-state index in [1.54, 1.807) is 26.0 Å². The molecule has 1 atom stereocenters. The summed E-state index contributed by atoms with van der Waals surface area (Å²) < 4.78 is 0. The van der Waals surface area contributed by atoms with Crippen LogP contribution in [0.5, 0.6) is 0 Å². The first kappa shape index (κ1) is 15.0. The van der Waals surface area contributed by atoms with Crippen LogP contribution in [0.1, 0.15) is 38.7 Å². The molecule has 0 aliphatic carbocycles. The Balaban J connectivity index is 2.62. The molecule has 1 aromatic carbocycles. The van der Waals surface area contributed by atoms with Gasteiger partial charge in [-0.2, -0.15) is 0 Å². The lowest BCUT2D eigenvalue weighted by Gasteiger charge is -2.23. The maximum absolute atomic E-state index is 11.9. The van der Waals surface area contributed by atoms with Crippen molar-refractivity contribution in [3.63, 3.8) is 0 Å². The molecule has 0 spiro atoms. The summed E-state index contributed by atoms with van der Waals surface area (Å²) in [6.45, 7) is 5.12. The average Bonchev–Trinajstić information content (AvgIpc) is 2.28. The van der Waals surface area contributed by atoms with E-state index in [0.717, 1.165) is 5.56 Å². The van der Waals surface area contributed by atoms with Crippen molar-refractivity contribution in [1.82, 2.24) is 5.32 Å². The number of carbonyl (C=O) groups excluding carboxylic acids is 2. The summed E-state index contributed by atoms with van der Waals surface area (Å²) in [5.74, 6) is -0.710. The highest BCUT2D eigenvalue weighted by molar-refractivity contribution is 5.89. The zero-order valence-corrected chi connectivity index (χ0v) is 11.6. The zero-order chi connectivity index (χ0) is 14.6. The van der Waals surface area contributed by atoms with Crippen molar-refractivity contribution in [2.75, 3.05) is 5.73 Å². The van der Waals surface area contributed by atoms with Crippen molar-refractivity contribution in [2.24, 2.45) is 5.73 Å². The van der Waals surface area contributed by atoms with E-state index >= 15 is 0 Å². The second kappa shape index (κ2) is 5.73. The maximum atomic E-state index is 11.9. The molecule has 0 aliphatic rings. The number of benzene rings is 1. The number of amides is 2. The summed E-state index contributed by atoms with van der Waals surface area (Å²) in [4.78, 5) is 23.0. The summed E-state index contributed by atoms with van der Waals surface area (Å²) >= 11 is 0. The molecule has 0 saturated carbocycles. The lowest BCUT2D eigenvalue weighted by atomic mass is 9.96. The third kappa shape index (κ3) is 4.28. The normalized spacial score (nSPS) is 12.8. The van der Waals surface area contributed by atoms with Gasteiger partial charge in [0.1, 0.15) is 5.54 Å². The standard InChI is InChI=1S/C14H21N3O2/c1-9(10-4-6-11(15)7-5-10)8-12(18)17-14(2,3)13(16)19/h4-7,9H,8,15H2,1-3H3,(H2,16,19)(H,17,18). The van der Waals surface area contributed by atoms with Crippen molar-refractivity contribution in [1.29, 1.82) is 0 Å². The first-order chi connectivity index (χ1) is 8.72. The van der Waals surface area contributed by atoms with Gasteiger partial charge in [-0.05, 0) is 37.5 Å². The lowest BCUT2D eigenvalue weighted by molar-refractivity contribution is -0.130. The monoisotopic (exact) mass is 263 g/mol. The second-order valence-corrected chi connectivity index (χ2v) is 5.31. The van der Waals surface area contributed by atoms with E-state index in [9.17, 15) is 9.59 Å². The number of nitrogens with two attached hydrogens (primary N) is 2. The zero-order valence-electron chi connectivity index (χ0n) is 11.6. The maximum Gasteiger partial charge on any atom is 0.242 e. The Bertz CT molecular complexity index is 466. The molecular weight excluding hydrogens is 242 g/mol. The topological polar surface area (TPSA) is 98.2 Å². The predicted octanol–water partition coefficient (Wildman–Crippen LogP) is 1.14. The second-order valence-electron chi connectivity index (χ2n) is 5.31. The van der Waals surface area contributed by atoms with Crippen LogP contribution in [0.4, 0.5) is 5.69 Å². The molecular formula is C14H21N3O2. The molecule has 5 heteroatoms. The molecule has 5 N–H and O–H groups in total. The van der Waals surface area contributed by atoms with E-state index in [-0.39, 0.29) is 11.8 Å². The minimum absolute atomic E-state index is 0.0456. The van der Waals surface area contributed by atoms with Crippen LogP contribution < -0.4 is 16.8 Å². The Morgan fingerprint density at radius 1 is 1.26 bits per heavy atom. The Kier molecular flexibility index (Phi) is 4.53. The SMILES string of the molecule is CC(CC(=O)NC(C)(C)C(N)=O)c1ccc(N)cc1. The molecule has 0 heterocycles. The number of rotatable bonds is 5. The Morgan fingerprint density at radius 2 is 1.79 bits per heavy atom. The van der Waals surface area contributed by atoms with Gasteiger partial charge in [0.15, 0.2) is 0 Å². The number of carbonyl (C=O) groups is 2. The summed E-state index contributed by atoms with van der Waals surface area (Å²) in [5, 5.41) is 2.63. The number of nitrogens with one attached hydrogen (secondary N) is 1. The van der Waals surface area contributed by atoms with Gasteiger partial charge in [0, 0.05) is 12.1 Å². The summed E-state index contributed by atoms with van der Waals surface area (Å²) in [6, 6.07) is 7.40. The van der Waals surface area contributed by atoms with Gasteiger partial charge in [0.25, 0.3) is 0 Å². The third-order valence-corrected chi connectivity index (χ3v) is 3.07. The van der Waals surface area contributed by atoms with Crippen molar-refractivity contribution >= 4 is 17.5 Å². The fourth-order valence-corrected chi connectivity index (χ4v) is 1.68. The van der Waals surface area contributed by atoms with Gasteiger partial charge >= 0.3 is 0 Å². The number of primary amides is 1. The number of hydrogen-bond donors (Lipinski definition) is 3. The summed E-state index contributed by atoms with van der Waals surface area (Å²) in [5.41, 5.74) is 11.5. The molecule has 0 aromatic heterocycles. The van der Waals surface area contributed by atoms with Crippen molar-refractivity contribution < 1.29 is 9.59 Å². The fourth-order valence-electron chi connectivity index (χ4n) is 1.68. The minimum Gasteiger partial charge on any atom is -0.399 e. The third-order valence-electron chi connectivity index (χ3n) is 3.07. The fraction of sp³-hybridized carbons (Fsp3) is 0.429. The highest BCUT2D eigenvalue weighted by Crippen LogP contribution is 2.20. The van der Waals surface area contributed by atoms with Crippen LogP contribution in [-0.4, -0.2) is 17.4 Å². The molecule has 0 saturated heterocycles. The van der Waals surface area contributed by atoms with Crippen LogP contribution in [0.15, 0.2) is 24.3 Å². The molecule has 19 heavy (non-hydrogen) atoms. The molecule has 1 rings (SSSR count). The predicted molar refractivity (Wildman–Crippen MR) is 75.3 cm³/mol. The molecule has 0 radical (unpaired) electrons. The number of hydrogen-bond acceptors (Lipinski definition) is 3. The van der Waals surface area contributed by atoms with Crippen LogP contribution in [0.2, 0.25) is 0 Å². The van der Waals surface area contributed by atoms with Crippen LogP contribution in [0, 0.1) is 0 Å². The van der Waals surface area contributed by atoms with E-state index in [1.165, 1.54) is 0 Å². The molecule has 0 fully saturated rings. The van der Waals surface area contributed by atoms with Crippen LogP contribution in [0.3, 0.4) is 0 Å². The van der Waals surface area contributed by atoms with E-state index in [4.69, 9.17) is 11.5 Å². The first-order valence-electron chi connectivity index (χ1n) is 6.18. The molecule has 0 bridgehead atoms. The Labute approximate surface area is 113 Å². The molecule has 5 nitrogen and oxygen atoms in total. The summed E-state index contributed by atoms with van der Waals surface area (Å²) in [6.07, 6.45) is 0.292. The van der Waals surface area contributed by atoms with Crippen molar-refractivity contribution in [2.45, 2.75) is 38.6 Å². The lowest BCUT2D eigenvalue weighted by Crippen LogP contribution is -2.53. The summed E-state index contributed by atoms with van der Waals surface area (Å²) in [7, 11) is 0. The number of nitrogen functional groups attached to an aromatic ring is 1. The van der Waals surface area contributed by atoms with Crippen molar-refractivity contribution in [3.8, 4) is 0 Å². The van der Waals surface area contributed by atoms with E-state index in [2.05, 4.69) is 5.32 Å².